The number of nitrogens with zero attached hydrogens (tertiary/aromatic N) is 5. The maximum atomic E-state index is 12.8. The number of likely N-dealkylation sites (tertiary alicyclic amines) is 1. The van der Waals surface area contributed by atoms with Crippen LogP contribution in [0.4, 0.5) is 11.8 Å². The summed E-state index contributed by atoms with van der Waals surface area (Å²) in [5, 5.41) is 3.10. The van der Waals surface area contributed by atoms with Gasteiger partial charge in [-0.25, -0.2) is 15.0 Å². The van der Waals surface area contributed by atoms with Gasteiger partial charge in [-0.05, 0) is 43.2 Å². The van der Waals surface area contributed by atoms with Crippen molar-refractivity contribution in [1.82, 2.24) is 24.8 Å². The standard InChI is InChI=1S/C19H18N6O/c26-18(14-5-3-9-20-13-14)25-12-4-6-16(25)15-8-11-22-19(23-15)24-17-7-1-2-10-21-17/h1-3,5,7-11,13,16H,4,6,12H2,(H,21,22,23,24)/t16-/m1/s1. The van der Waals surface area contributed by atoms with Gasteiger partial charge in [0.05, 0.1) is 17.3 Å². The second-order valence-electron chi connectivity index (χ2n) is 6.04. The Morgan fingerprint density at radius 2 is 2.04 bits per heavy atom. The topological polar surface area (TPSA) is 83.9 Å². The normalized spacial score (nSPS) is 16.5. The van der Waals surface area contributed by atoms with Crippen molar-refractivity contribution < 1.29 is 4.79 Å². The van der Waals surface area contributed by atoms with Crippen molar-refractivity contribution in [2.45, 2.75) is 18.9 Å². The zero-order valence-corrected chi connectivity index (χ0v) is 14.1. The largest absolute Gasteiger partial charge is 0.330 e. The molecule has 0 aromatic carbocycles. The fraction of sp³-hybridized carbons (Fsp3) is 0.211. The van der Waals surface area contributed by atoms with Crippen molar-refractivity contribution in [3.8, 4) is 0 Å². The van der Waals surface area contributed by atoms with Crippen LogP contribution in [0, 0.1) is 0 Å². The molecular weight excluding hydrogens is 328 g/mol. The number of anilines is 2. The summed E-state index contributed by atoms with van der Waals surface area (Å²) >= 11 is 0. The molecule has 1 N–H and O–H groups in total. The lowest BCUT2D eigenvalue weighted by Crippen LogP contribution is -2.31. The fourth-order valence-corrected chi connectivity index (χ4v) is 3.14. The highest BCUT2D eigenvalue weighted by molar-refractivity contribution is 5.94. The lowest BCUT2D eigenvalue weighted by atomic mass is 10.1. The van der Waals surface area contributed by atoms with Gasteiger partial charge >= 0.3 is 0 Å². The highest BCUT2D eigenvalue weighted by Gasteiger charge is 2.31. The number of carbonyl (C=O) groups excluding carboxylic acids is 1. The Hall–Kier alpha value is -3.35. The molecule has 130 valence electrons. The van der Waals surface area contributed by atoms with Crippen molar-refractivity contribution in [3.05, 3.63) is 72.4 Å². The predicted molar refractivity (Wildman–Crippen MR) is 96.8 cm³/mol. The molecule has 1 fully saturated rings. The maximum absolute atomic E-state index is 12.8. The van der Waals surface area contributed by atoms with Gasteiger partial charge in [-0.15, -0.1) is 0 Å². The van der Waals surface area contributed by atoms with Gasteiger partial charge in [-0.2, -0.15) is 0 Å². The number of pyridine rings is 2. The third-order valence-electron chi connectivity index (χ3n) is 4.35. The number of amides is 1. The van der Waals surface area contributed by atoms with E-state index in [0.29, 0.717) is 23.9 Å². The molecule has 1 aliphatic heterocycles. The molecule has 0 radical (unpaired) electrons. The van der Waals surface area contributed by atoms with E-state index < -0.39 is 0 Å². The SMILES string of the molecule is O=C(c1cccnc1)N1CCC[C@@H]1c1ccnc(Nc2ccccn2)n1. The van der Waals surface area contributed by atoms with Crippen molar-refractivity contribution >= 4 is 17.7 Å². The summed E-state index contributed by atoms with van der Waals surface area (Å²) in [6.07, 6.45) is 8.51. The summed E-state index contributed by atoms with van der Waals surface area (Å²) in [7, 11) is 0. The summed E-state index contributed by atoms with van der Waals surface area (Å²) in [4.78, 5) is 31.8. The minimum Gasteiger partial charge on any atom is -0.330 e. The lowest BCUT2D eigenvalue weighted by molar-refractivity contribution is 0.0732. The molecule has 3 aromatic heterocycles. The van der Waals surface area contributed by atoms with E-state index in [9.17, 15) is 4.79 Å². The van der Waals surface area contributed by atoms with Crippen LogP contribution in [0.5, 0.6) is 0 Å². The van der Waals surface area contributed by atoms with Crippen LogP contribution in [-0.2, 0) is 0 Å². The third-order valence-corrected chi connectivity index (χ3v) is 4.35. The average molecular weight is 346 g/mol. The third kappa shape index (κ3) is 3.37. The molecule has 1 saturated heterocycles. The Kier molecular flexibility index (Phi) is 4.51. The second kappa shape index (κ2) is 7.26. The molecule has 26 heavy (non-hydrogen) atoms. The zero-order valence-electron chi connectivity index (χ0n) is 14.1. The van der Waals surface area contributed by atoms with Crippen molar-refractivity contribution in [1.29, 1.82) is 0 Å². The highest BCUT2D eigenvalue weighted by atomic mass is 16.2. The van der Waals surface area contributed by atoms with Gasteiger partial charge in [0.2, 0.25) is 5.95 Å². The number of hydrogen-bond donors (Lipinski definition) is 1. The van der Waals surface area contributed by atoms with Gasteiger partial charge in [0.15, 0.2) is 0 Å². The molecule has 4 heterocycles. The van der Waals surface area contributed by atoms with Crippen molar-refractivity contribution in [3.63, 3.8) is 0 Å². The Labute approximate surface area is 151 Å². The summed E-state index contributed by atoms with van der Waals surface area (Å²) in [5.41, 5.74) is 1.42. The van der Waals surface area contributed by atoms with Crippen LogP contribution in [0.2, 0.25) is 0 Å². The van der Waals surface area contributed by atoms with Crippen molar-refractivity contribution in [2.75, 3.05) is 11.9 Å². The zero-order chi connectivity index (χ0) is 17.8. The van der Waals surface area contributed by atoms with Crippen LogP contribution in [0.3, 0.4) is 0 Å². The number of hydrogen-bond acceptors (Lipinski definition) is 6. The first-order valence-corrected chi connectivity index (χ1v) is 8.53. The second-order valence-corrected chi connectivity index (χ2v) is 6.04. The lowest BCUT2D eigenvalue weighted by Gasteiger charge is -2.24. The number of nitrogens with one attached hydrogen (secondary N) is 1. The average Bonchev–Trinajstić information content (AvgIpc) is 3.19. The first-order chi connectivity index (χ1) is 12.8. The van der Waals surface area contributed by atoms with Crippen LogP contribution < -0.4 is 5.32 Å². The summed E-state index contributed by atoms with van der Waals surface area (Å²) in [6, 6.07) is 11.0. The van der Waals surface area contributed by atoms with Crippen molar-refractivity contribution in [2.24, 2.45) is 0 Å². The van der Waals surface area contributed by atoms with Gasteiger partial charge < -0.3 is 10.2 Å². The van der Waals surface area contributed by atoms with Gasteiger partial charge in [0.25, 0.3) is 5.91 Å². The molecule has 0 aliphatic carbocycles. The van der Waals surface area contributed by atoms with Crippen LogP contribution in [0.15, 0.2) is 61.2 Å². The molecule has 7 nitrogen and oxygen atoms in total. The molecule has 1 aliphatic rings. The van der Waals surface area contributed by atoms with Crippen LogP contribution in [-0.4, -0.2) is 37.3 Å². The quantitative estimate of drug-likeness (QED) is 0.782. The molecular formula is C19H18N6O. The first kappa shape index (κ1) is 16.1. The van der Waals surface area contributed by atoms with E-state index >= 15 is 0 Å². The molecule has 0 bridgehead atoms. The smallest absolute Gasteiger partial charge is 0.255 e. The van der Waals surface area contributed by atoms with Crippen LogP contribution >= 0.6 is 0 Å². The molecule has 0 spiro atoms. The van der Waals surface area contributed by atoms with E-state index in [4.69, 9.17) is 0 Å². The highest BCUT2D eigenvalue weighted by Crippen LogP contribution is 2.32. The van der Waals surface area contributed by atoms with E-state index in [0.717, 1.165) is 18.5 Å². The van der Waals surface area contributed by atoms with E-state index in [1.807, 2.05) is 29.2 Å². The van der Waals surface area contributed by atoms with E-state index in [2.05, 4.69) is 25.3 Å². The molecule has 4 rings (SSSR count). The first-order valence-electron chi connectivity index (χ1n) is 8.53. The Balaban J connectivity index is 1.56. The molecule has 1 atom stereocenters. The minimum absolute atomic E-state index is 0.0153. The van der Waals surface area contributed by atoms with E-state index in [1.54, 1.807) is 36.9 Å². The Bertz CT molecular complexity index is 887. The summed E-state index contributed by atoms with van der Waals surface area (Å²) in [5.74, 6) is 1.14. The minimum atomic E-state index is -0.0602. The molecule has 1 amide bonds. The van der Waals surface area contributed by atoms with Gasteiger partial charge in [0, 0.05) is 31.3 Å². The molecule has 3 aromatic rings. The van der Waals surface area contributed by atoms with E-state index in [1.165, 1.54) is 0 Å². The predicted octanol–water partition coefficient (Wildman–Crippen LogP) is 2.99. The van der Waals surface area contributed by atoms with E-state index in [-0.39, 0.29) is 11.9 Å². The molecule has 0 saturated carbocycles. The van der Waals surface area contributed by atoms with Crippen LogP contribution in [0.25, 0.3) is 0 Å². The number of carbonyl (C=O) groups is 1. The molecule has 7 heteroatoms. The monoisotopic (exact) mass is 346 g/mol. The van der Waals surface area contributed by atoms with Gasteiger partial charge in [-0.3, -0.25) is 9.78 Å². The number of aromatic nitrogens is 4. The Morgan fingerprint density at radius 3 is 2.85 bits per heavy atom. The van der Waals surface area contributed by atoms with Crippen LogP contribution in [0.1, 0.15) is 34.9 Å². The summed E-state index contributed by atoms with van der Waals surface area (Å²) < 4.78 is 0. The summed E-state index contributed by atoms with van der Waals surface area (Å²) in [6.45, 7) is 0.714. The Morgan fingerprint density at radius 1 is 1.08 bits per heavy atom. The van der Waals surface area contributed by atoms with Gasteiger partial charge in [0.1, 0.15) is 5.82 Å². The number of rotatable bonds is 4. The fourth-order valence-electron chi connectivity index (χ4n) is 3.14. The van der Waals surface area contributed by atoms with Gasteiger partial charge in [-0.1, -0.05) is 6.07 Å². The molecule has 0 unspecified atom stereocenters. The maximum Gasteiger partial charge on any atom is 0.255 e.